The summed E-state index contributed by atoms with van der Waals surface area (Å²) in [5.74, 6) is 0.372. The molecule has 6 heteroatoms. The molecule has 1 aromatic carbocycles. The molecule has 0 fully saturated rings. The summed E-state index contributed by atoms with van der Waals surface area (Å²) in [6.07, 6.45) is 1.39. The van der Waals surface area contributed by atoms with Gasteiger partial charge in [0, 0.05) is 0 Å². The number of halogens is 1. The lowest BCUT2D eigenvalue weighted by atomic mass is 10.1. The van der Waals surface area contributed by atoms with Crippen molar-refractivity contribution in [1.29, 1.82) is 0 Å². The molecule has 2 aromatic rings. The van der Waals surface area contributed by atoms with Gasteiger partial charge in [0.15, 0.2) is 0 Å². The van der Waals surface area contributed by atoms with Crippen LogP contribution in [0.5, 0.6) is 0 Å². The van der Waals surface area contributed by atoms with Crippen LogP contribution in [0.15, 0.2) is 24.5 Å². The monoisotopic (exact) mass is 250 g/mol. The first-order valence-electron chi connectivity index (χ1n) is 5.06. The van der Waals surface area contributed by atoms with Crippen molar-refractivity contribution in [2.75, 3.05) is 0 Å². The van der Waals surface area contributed by atoms with E-state index < -0.39 is 0 Å². The maximum Gasteiger partial charge on any atom is 0.253 e. The van der Waals surface area contributed by atoms with Gasteiger partial charge < -0.3 is 5.32 Å². The minimum Gasteiger partial charge on any atom is -0.345 e. The largest absolute Gasteiger partial charge is 0.345 e. The number of hydrogen-bond donors (Lipinski definition) is 2. The van der Waals surface area contributed by atoms with Crippen LogP contribution in [0.1, 0.15) is 21.7 Å². The molecule has 0 aliphatic rings. The average molecular weight is 251 g/mol. The second-order valence-corrected chi connectivity index (χ2v) is 3.93. The highest BCUT2D eigenvalue weighted by Crippen LogP contribution is 2.19. The molecule has 0 unspecified atom stereocenters. The van der Waals surface area contributed by atoms with E-state index in [0.717, 1.165) is 5.56 Å². The molecule has 2 rings (SSSR count). The van der Waals surface area contributed by atoms with Gasteiger partial charge in [0.25, 0.3) is 5.91 Å². The second-order valence-electron chi connectivity index (χ2n) is 3.55. The number of carbonyl (C=O) groups is 1. The van der Waals surface area contributed by atoms with Crippen molar-refractivity contribution in [1.82, 2.24) is 20.5 Å². The third-order valence-corrected chi connectivity index (χ3v) is 2.82. The first-order chi connectivity index (χ1) is 8.18. The summed E-state index contributed by atoms with van der Waals surface area (Å²) >= 11 is 6.05. The van der Waals surface area contributed by atoms with Crippen LogP contribution in [0.2, 0.25) is 5.02 Å². The van der Waals surface area contributed by atoms with Crippen molar-refractivity contribution in [2.45, 2.75) is 13.5 Å². The summed E-state index contributed by atoms with van der Waals surface area (Å²) in [4.78, 5) is 15.8. The Hall–Kier alpha value is -1.88. The molecule has 1 aromatic heterocycles. The van der Waals surface area contributed by atoms with Crippen LogP contribution in [0.4, 0.5) is 0 Å². The average Bonchev–Trinajstić information content (AvgIpc) is 2.82. The molecule has 88 valence electrons. The summed E-state index contributed by atoms with van der Waals surface area (Å²) in [5, 5.41) is 9.54. The highest BCUT2D eigenvalue weighted by molar-refractivity contribution is 6.34. The third-order valence-electron chi connectivity index (χ3n) is 2.32. The van der Waals surface area contributed by atoms with Gasteiger partial charge in [-0.2, -0.15) is 5.10 Å². The number of aromatic amines is 1. The molecule has 1 heterocycles. The predicted octanol–water partition coefficient (Wildman–Crippen LogP) is 1.70. The minimum atomic E-state index is -0.227. The maximum atomic E-state index is 11.9. The van der Waals surface area contributed by atoms with Crippen LogP contribution in [0.25, 0.3) is 0 Å². The Morgan fingerprint density at radius 1 is 1.53 bits per heavy atom. The fourth-order valence-electron chi connectivity index (χ4n) is 1.40. The fraction of sp³-hybridized carbons (Fsp3) is 0.182. The molecular weight excluding hydrogens is 240 g/mol. The summed E-state index contributed by atoms with van der Waals surface area (Å²) in [7, 11) is 0. The van der Waals surface area contributed by atoms with Gasteiger partial charge in [-0.1, -0.05) is 23.7 Å². The minimum absolute atomic E-state index is 0.227. The van der Waals surface area contributed by atoms with Gasteiger partial charge in [0.2, 0.25) is 0 Å². The van der Waals surface area contributed by atoms with Crippen molar-refractivity contribution < 1.29 is 4.79 Å². The molecule has 0 bridgehead atoms. The van der Waals surface area contributed by atoms with Crippen molar-refractivity contribution in [3.05, 3.63) is 46.5 Å². The van der Waals surface area contributed by atoms with Crippen LogP contribution in [0, 0.1) is 6.92 Å². The number of benzene rings is 1. The van der Waals surface area contributed by atoms with E-state index in [4.69, 9.17) is 11.6 Å². The van der Waals surface area contributed by atoms with Crippen LogP contribution in [-0.2, 0) is 6.54 Å². The highest BCUT2D eigenvalue weighted by atomic mass is 35.5. The lowest BCUT2D eigenvalue weighted by molar-refractivity contribution is 0.0950. The molecule has 1 amide bonds. The van der Waals surface area contributed by atoms with Gasteiger partial charge in [-0.25, -0.2) is 4.98 Å². The number of rotatable bonds is 3. The third kappa shape index (κ3) is 2.62. The lowest BCUT2D eigenvalue weighted by Gasteiger charge is -2.06. The smallest absolute Gasteiger partial charge is 0.253 e. The van der Waals surface area contributed by atoms with Gasteiger partial charge >= 0.3 is 0 Å². The molecule has 0 saturated carbocycles. The zero-order valence-corrected chi connectivity index (χ0v) is 9.95. The lowest BCUT2D eigenvalue weighted by Crippen LogP contribution is -2.23. The number of aryl methyl sites for hydroxylation is 1. The molecule has 5 nitrogen and oxygen atoms in total. The standard InChI is InChI=1S/C11H11ClN4O/c1-7-3-2-4-8(10(7)12)11(17)13-5-9-14-6-15-16-9/h2-4,6H,5H2,1H3,(H,13,17)(H,14,15,16). The molecule has 2 N–H and O–H groups in total. The van der Waals surface area contributed by atoms with Gasteiger partial charge in [0.1, 0.15) is 12.2 Å². The number of hydrogen-bond acceptors (Lipinski definition) is 3. The van der Waals surface area contributed by atoms with Crippen molar-refractivity contribution in [2.24, 2.45) is 0 Å². The van der Waals surface area contributed by atoms with Crippen LogP contribution in [-0.4, -0.2) is 21.1 Å². The normalized spacial score (nSPS) is 10.2. The molecule has 0 spiro atoms. The maximum absolute atomic E-state index is 11.9. The van der Waals surface area contributed by atoms with Crippen LogP contribution < -0.4 is 5.32 Å². The number of H-pyrrole nitrogens is 1. The molecular formula is C11H11ClN4O. The quantitative estimate of drug-likeness (QED) is 0.871. The Bertz CT molecular complexity index is 524. The van der Waals surface area contributed by atoms with E-state index >= 15 is 0 Å². The molecule has 0 aliphatic carbocycles. The summed E-state index contributed by atoms with van der Waals surface area (Å²) < 4.78 is 0. The van der Waals surface area contributed by atoms with Crippen molar-refractivity contribution in [3.8, 4) is 0 Å². The molecule has 0 aliphatic heterocycles. The number of carbonyl (C=O) groups excluding carboxylic acids is 1. The second kappa shape index (κ2) is 4.97. The summed E-state index contributed by atoms with van der Waals surface area (Å²) in [6, 6.07) is 5.34. The molecule has 0 atom stereocenters. The Morgan fingerprint density at radius 3 is 3.06 bits per heavy atom. The van der Waals surface area contributed by atoms with E-state index in [0.29, 0.717) is 23.0 Å². The van der Waals surface area contributed by atoms with Crippen molar-refractivity contribution >= 4 is 17.5 Å². The predicted molar refractivity (Wildman–Crippen MR) is 63.7 cm³/mol. The van der Waals surface area contributed by atoms with E-state index in [1.165, 1.54) is 6.33 Å². The van der Waals surface area contributed by atoms with E-state index in [-0.39, 0.29) is 5.91 Å². The summed E-state index contributed by atoms with van der Waals surface area (Å²) in [5.41, 5.74) is 1.34. The fourth-order valence-corrected chi connectivity index (χ4v) is 1.61. The summed E-state index contributed by atoms with van der Waals surface area (Å²) in [6.45, 7) is 2.15. The number of nitrogens with one attached hydrogen (secondary N) is 2. The Labute approximate surface area is 103 Å². The topological polar surface area (TPSA) is 70.7 Å². The van der Waals surface area contributed by atoms with Crippen LogP contribution >= 0.6 is 11.6 Å². The molecule has 17 heavy (non-hydrogen) atoms. The van der Waals surface area contributed by atoms with E-state index in [1.54, 1.807) is 12.1 Å². The van der Waals surface area contributed by atoms with Gasteiger partial charge in [0.05, 0.1) is 17.1 Å². The van der Waals surface area contributed by atoms with E-state index in [2.05, 4.69) is 20.5 Å². The van der Waals surface area contributed by atoms with Crippen molar-refractivity contribution in [3.63, 3.8) is 0 Å². The van der Waals surface area contributed by atoms with E-state index in [1.807, 2.05) is 13.0 Å². The number of aromatic nitrogens is 3. The van der Waals surface area contributed by atoms with Crippen LogP contribution in [0.3, 0.4) is 0 Å². The Kier molecular flexibility index (Phi) is 3.39. The first-order valence-corrected chi connectivity index (χ1v) is 5.44. The number of amides is 1. The Balaban J connectivity index is 2.07. The zero-order valence-electron chi connectivity index (χ0n) is 9.20. The van der Waals surface area contributed by atoms with Gasteiger partial charge in [-0.15, -0.1) is 0 Å². The van der Waals surface area contributed by atoms with E-state index in [9.17, 15) is 4.79 Å². The van der Waals surface area contributed by atoms with Gasteiger partial charge in [-0.3, -0.25) is 9.89 Å². The highest BCUT2D eigenvalue weighted by Gasteiger charge is 2.11. The van der Waals surface area contributed by atoms with Gasteiger partial charge in [-0.05, 0) is 18.6 Å². The molecule has 0 saturated heterocycles. The molecule has 0 radical (unpaired) electrons. The zero-order chi connectivity index (χ0) is 12.3. The Morgan fingerprint density at radius 2 is 2.35 bits per heavy atom. The first kappa shape index (κ1) is 11.6. The number of nitrogens with zero attached hydrogens (tertiary/aromatic N) is 2. The SMILES string of the molecule is Cc1cccc(C(=O)NCc2ncn[nH]2)c1Cl.